The van der Waals surface area contributed by atoms with Crippen LogP contribution >= 0.6 is 0 Å². The number of imidazole rings is 1. The first-order valence-corrected chi connectivity index (χ1v) is 7.16. The lowest BCUT2D eigenvalue weighted by Crippen LogP contribution is -2.14. The van der Waals surface area contributed by atoms with Gasteiger partial charge in [-0.25, -0.2) is 9.97 Å². The molecule has 108 valence electrons. The molecule has 5 heteroatoms. The predicted octanol–water partition coefficient (Wildman–Crippen LogP) is 3.32. The Morgan fingerprint density at radius 3 is 2.81 bits per heavy atom. The van der Waals surface area contributed by atoms with E-state index in [1.165, 1.54) is 0 Å². The van der Waals surface area contributed by atoms with Gasteiger partial charge < -0.3 is 14.6 Å². The minimum atomic E-state index is 0.840. The van der Waals surface area contributed by atoms with Crippen LogP contribution in [0.1, 0.15) is 13.3 Å². The summed E-state index contributed by atoms with van der Waals surface area (Å²) in [5.41, 5.74) is 1.94. The zero-order valence-electron chi connectivity index (χ0n) is 12.3. The number of fused-ring (bicyclic) bond motifs is 1. The van der Waals surface area contributed by atoms with Crippen molar-refractivity contribution in [2.75, 3.05) is 23.8 Å². The Hall–Kier alpha value is -2.56. The lowest BCUT2D eigenvalue weighted by Gasteiger charge is -2.20. The summed E-state index contributed by atoms with van der Waals surface area (Å²) in [6, 6.07) is 10.2. The molecule has 5 nitrogen and oxygen atoms in total. The molecule has 1 aromatic carbocycles. The van der Waals surface area contributed by atoms with Crippen molar-refractivity contribution >= 4 is 23.0 Å². The van der Waals surface area contributed by atoms with Gasteiger partial charge in [0.15, 0.2) is 11.5 Å². The molecular weight excluding hydrogens is 262 g/mol. The summed E-state index contributed by atoms with van der Waals surface area (Å²) in [4.78, 5) is 11.2. The highest BCUT2D eigenvalue weighted by Crippen LogP contribution is 2.26. The summed E-state index contributed by atoms with van der Waals surface area (Å²) in [6.45, 7) is 3.04. The molecule has 0 amide bonds. The van der Waals surface area contributed by atoms with Crippen molar-refractivity contribution in [3.8, 4) is 0 Å². The third-order valence-electron chi connectivity index (χ3n) is 3.37. The Bertz CT molecular complexity index is 720. The fraction of sp³-hybridized carbons (Fsp3) is 0.250. The number of rotatable bonds is 5. The Morgan fingerprint density at radius 2 is 2.05 bits per heavy atom. The lowest BCUT2D eigenvalue weighted by molar-refractivity contribution is 0.957. The van der Waals surface area contributed by atoms with Crippen LogP contribution in [0, 0.1) is 0 Å². The van der Waals surface area contributed by atoms with Crippen LogP contribution in [0.2, 0.25) is 0 Å². The maximum Gasteiger partial charge on any atom is 0.180 e. The molecule has 0 fully saturated rings. The van der Waals surface area contributed by atoms with Gasteiger partial charge >= 0.3 is 0 Å². The zero-order chi connectivity index (χ0) is 14.7. The van der Waals surface area contributed by atoms with E-state index in [2.05, 4.69) is 34.3 Å². The normalized spacial score (nSPS) is 10.8. The van der Waals surface area contributed by atoms with Crippen LogP contribution < -0.4 is 10.2 Å². The minimum absolute atomic E-state index is 0.840. The number of aromatic nitrogens is 3. The minimum Gasteiger partial charge on any atom is -0.369 e. The quantitative estimate of drug-likeness (QED) is 0.779. The summed E-state index contributed by atoms with van der Waals surface area (Å²) >= 11 is 0. The number of benzene rings is 1. The van der Waals surface area contributed by atoms with Crippen molar-refractivity contribution in [1.29, 1.82) is 0 Å². The van der Waals surface area contributed by atoms with Crippen molar-refractivity contribution in [2.45, 2.75) is 13.3 Å². The summed E-state index contributed by atoms with van der Waals surface area (Å²) < 4.78 is 2.00. The van der Waals surface area contributed by atoms with Gasteiger partial charge in [-0.2, -0.15) is 0 Å². The second kappa shape index (κ2) is 5.83. The second-order valence-electron chi connectivity index (χ2n) is 4.93. The van der Waals surface area contributed by atoms with Gasteiger partial charge in [-0.3, -0.25) is 0 Å². The summed E-state index contributed by atoms with van der Waals surface area (Å²) in [5, 5.41) is 3.34. The van der Waals surface area contributed by atoms with Crippen molar-refractivity contribution in [1.82, 2.24) is 14.4 Å². The molecule has 21 heavy (non-hydrogen) atoms. The number of hydrogen-bond acceptors (Lipinski definition) is 4. The standard InChI is InChI=1S/C16H19N5/c1-3-9-17-14-12-21-11-10-18-15(21)16(19-14)20(2)13-7-5-4-6-8-13/h4-8,10-12,17H,3,9H2,1-2H3. The van der Waals surface area contributed by atoms with Crippen LogP contribution in [0.5, 0.6) is 0 Å². The third-order valence-corrected chi connectivity index (χ3v) is 3.37. The van der Waals surface area contributed by atoms with Crippen LogP contribution in [0.3, 0.4) is 0 Å². The lowest BCUT2D eigenvalue weighted by atomic mass is 10.3. The maximum atomic E-state index is 4.72. The summed E-state index contributed by atoms with van der Waals surface area (Å²) in [5.74, 6) is 1.70. The fourth-order valence-electron chi connectivity index (χ4n) is 2.25. The second-order valence-corrected chi connectivity index (χ2v) is 4.93. The number of para-hydroxylation sites is 1. The first kappa shape index (κ1) is 13.4. The molecule has 0 saturated heterocycles. The topological polar surface area (TPSA) is 45.5 Å². The molecule has 1 N–H and O–H groups in total. The molecule has 0 atom stereocenters. The van der Waals surface area contributed by atoms with E-state index in [1.807, 2.05) is 42.0 Å². The van der Waals surface area contributed by atoms with E-state index in [1.54, 1.807) is 6.20 Å². The predicted molar refractivity (Wildman–Crippen MR) is 86.3 cm³/mol. The molecule has 0 saturated carbocycles. The van der Waals surface area contributed by atoms with Crippen LogP contribution in [0.15, 0.2) is 48.9 Å². The molecule has 3 rings (SSSR count). The molecule has 0 radical (unpaired) electrons. The average molecular weight is 281 g/mol. The van der Waals surface area contributed by atoms with E-state index < -0.39 is 0 Å². The smallest absolute Gasteiger partial charge is 0.180 e. The van der Waals surface area contributed by atoms with Crippen LogP contribution in [-0.4, -0.2) is 28.0 Å². The van der Waals surface area contributed by atoms with Gasteiger partial charge in [-0.1, -0.05) is 25.1 Å². The first-order chi connectivity index (χ1) is 10.3. The molecule has 2 heterocycles. The Morgan fingerprint density at radius 1 is 1.24 bits per heavy atom. The number of nitrogens with zero attached hydrogens (tertiary/aromatic N) is 4. The number of hydrogen-bond donors (Lipinski definition) is 1. The van der Waals surface area contributed by atoms with E-state index in [-0.39, 0.29) is 0 Å². The molecule has 2 aromatic heterocycles. The molecular formula is C16H19N5. The average Bonchev–Trinajstić information content (AvgIpc) is 3.00. The maximum absolute atomic E-state index is 4.72. The molecule has 0 aliphatic rings. The number of anilines is 3. The van der Waals surface area contributed by atoms with E-state index >= 15 is 0 Å². The molecule has 0 bridgehead atoms. The Kier molecular flexibility index (Phi) is 3.73. The first-order valence-electron chi connectivity index (χ1n) is 7.16. The van der Waals surface area contributed by atoms with Gasteiger partial charge in [0.1, 0.15) is 5.82 Å². The fourth-order valence-corrected chi connectivity index (χ4v) is 2.25. The van der Waals surface area contributed by atoms with Crippen molar-refractivity contribution in [2.24, 2.45) is 0 Å². The molecule has 0 aliphatic heterocycles. The van der Waals surface area contributed by atoms with Gasteiger partial charge in [0, 0.05) is 31.7 Å². The Balaban J connectivity index is 2.05. The van der Waals surface area contributed by atoms with Crippen molar-refractivity contribution < 1.29 is 0 Å². The van der Waals surface area contributed by atoms with Crippen LogP contribution in [0.25, 0.3) is 5.65 Å². The van der Waals surface area contributed by atoms with E-state index in [4.69, 9.17) is 4.98 Å². The van der Waals surface area contributed by atoms with Gasteiger partial charge in [-0.15, -0.1) is 0 Å². The molecule has 3 aromatic rings. The Labute approximate surface area is 124 Å². The number of nitrogens with one attached hydrogen (secondary N) is 1. The summed E-state index contributed by atoms with van der Waals surface area (Å²) in [6.07, 6.45) is 6.77. The van der Waals surface area contributed by atoms with E-state index in [0.717, 1.165) is 35.9 Å². The third kappa shape index (κ3) is 2.67. The highest BCUT2D eigenvalue weighted by molar-refractivity contribution is 5.73. The highest BCUT2D eigenvalue weighted by Gasteiger charge is 2.13. The monoisotopic (exact) mass is 281 g/mol. The van der Waals surface area contributed by atoms with Crippen LogP contribution in [0.4, 0.5) is 17.3 Å². The van der Waals surface area contributed by atoms with E-state index in [0.29, 0.717) is 0 Å². The van der Waals surface area contributed by atoms with Crippen molar-refractivity contribution in [3.05, 3.63) is 48.9 Å². The molecule has 0 aliphatic carbocycles. The zero-order valence-corrected chi connectivity index (χ0v) is 12.3. The van der Waals surface area contributed by atoms with Crippen molar-refractivity contribution in [3.63, 3.8) is 0 Å². The summed E-state index contributed by atoms with van der Waals surface area (Å²) in [7, 11) is 2.01. The largest absolute Gasteiger partial charge is 0.369 e. The molecule has 0 spiro atoms. The molecule has 0 unspecified atom stereocenters. The van der Waals surface area contributed by atoms with Gasteiger partial charge in [0.2, 0.25) is 0 Å². The van der Waals surface area contributed by atoms with Gasteiger partial charge in [0.05, 0.1) is 6.20 Å². The van der Waals surface area contributed by atoms with Crippen LogP contribution in [-0.2, 0) is 0 Å². The highest BCUT2D eigenvalue weighted by atomic mass is 15.2. The SMILES string of the molecule is CCCNc1cn2ccnc2c(N(C)c2ccccc2)n1. The van der Waals surface area contributed by atoms with E-state index in [9.17, 15) is 0 Å². The van der Waals surface area contributed by atoms with Gasteiger partial charge in [-0.05, 0) is 18.6 Å². The van der Waals surface area contributed by atoms with Gasteiger partial charge in [0.25, 0.3) is 0 Å².